The summed E-state index contributed by atoms with van der Waals surface area (Å²) in [5, 5.41) is 23.7. The van der Waals surface area contributed by atoms with Gasteiger partial charge >= 0.3 is 5.69 Å². The first-order valence-corrected chi connectivity index (χ1v) is 8.64. The van der Waals surface area contributed by atoms with Gasteiger partial charge in [-0.1, -0.05) is 18.2 Å². The van der Waals surface area contributed by atoms with Crippen molar-refractivity contribution >= 4 is 23.0 Å². The number of morpholine rings is 1. The lowest BCUT2D eigenvalue weighted by Gasteiger charge is -2.37. The zero-order valence-electron chi connectivity index (χ0n) is 15.1. The van der Waals surface area contributed by atoms with Crippen LogP contribution in [0.4, 0.5) is 17.1 Å². The Morgan fingerprint density at radius 1 is 1.19 bits per heavy atom. The molecule has 1 amide bonds. The first-order valence-electron chi connectivity index (χ1n) is 8.64. The fraction of sp³-hybridized carbons (Fsp3) is 0.316. The van der Waals surface area contributed by atoms with E-state index in [0.717, 1.165) is 5.69 Å². The summed E-state index contributed by atoms with van der Waals surface area (Å²) >= 11 is 0. The molecule has 2 aromatic rings. The van der Waals surface area contributed by atoms with Crippen LogP contribution in [0.25, 0.3) is 0 Å². The lowest BCUT2D eigenvalue weighted by molar-refractivity contribution is -0.386. The number of anilines is 2. The number of hydrogen-bond acceptors (Lipinski definition) is 6. The van der Waals surface area contributed by atoms with Gasteiger partial charge in [-0.25, -0.2) is 0 Å². The lowest BCUT2D eigenvalue weighted by Crippen LogP contribution is -2.45. The van der Waals surface area contributed by atoms with E-state index in [1.807, 2.05) is 26.0 Å². The average molecular weight is 371 g/mol. The molecule has 3 rings (SSSR count). The Labute approximate surface area is 156 Å². The van der Waals surface area contributed by atoms with Gasteiger partial charge < -0.3 is 20.1 Å². The third-order valence-electron chi connectivity index (χ3n) is 4.35. The number of phenolic OH excluding ortho intramolecular Hbond substituents is 1. The minimum absolute atomic E-state index is 0.0460. The monoisotopic (exact) mass is 371 g/mol. The van der Waals surface area contributed by atoms with Crippen LogP contribution < -0.4 is 10.2 Å². The summed E-state index contributed by atoms with van der Waals surface area (Å²) in [7, 11) is 0. The fourth-order valence-corrected chi connectivity index (χ4v) is 3.33. The van der Waals surface area contributed by atoms with Gasteiger partial charge in [0.1, 0.15) is 5.56 Å². The molecule has 0 spiro atoms. The molecular weight excluding hydrogens is 350 g/mol. The van der Waals surface area contributed by atoms with Crippen LogP contribution in [0.3, 0.4) is 0 Å². The molecule has 1 heterocycles. The van der Waals surface area contributed by atoms with E-state index in [1.54, 1.807) is 12.1 Å². The summed E-state index contributed by atoms with van der Waals surface area (Å²) in [6.45, 7) is 5.31. The summed E-state index contributed by atoms with van der Waals surface area (Å²) < 4.78 is 5.75. The zero-order valence-corrected chi connectivity index (χ0v) is 15.1. The van der Waals surface area contributed by atoms with Crippen molar-refractivity contribution in [3.63, 3.8) is 0 Å². The number of benzene rings is 2. The fourth-order valence-electron chi connectivity index (χ4n) is 3.33. The number of para-hydroxylation sites is 3. The standard InChI is InChI=1S/C19H21N3O5/c1-12-10-21(11-13(2)27-12)16-8-4-3-7-15(16)20-19(24)14-6-5-9-17(23)18(14)22(25)26/h3-9,12-13,23H,10-11H2,1-2H3,(H,20,24). The van der Waals surface area contributed by atoms with Gasteiger partial charge in [0, 0.05) is 13.1 Å². The zero-order chi connectivity index (χ0) is 19.6. The Hall–Kier alpha value is -3.13. The van der Waals surface area contributed by atoms with Crippen molar-refractivity contribution in [3.8, 4) is 5.75 Å². The normalized spacial score (nSPS) is 19.6. The number of nitrogens with one attached hydrogen (secondary N) is 1. The summed E-state index contributed by atoms with van der Waals surface area (Å²) in [4.78, 5) is 25.3. The number of carbonyl (C=O) groups excluding carboxylic acids is 1. The largest absolute Gasteiger partial charge is 0.502 e. The molecule has 1 saturated heterocycles. The van der Waals surface area contributed by atoms with Crippen LogP contribution in [0.5, 0.6) is 5.75 Å². The Kier molecular flexibility index (Phi) is 5.27. The van der Waals surface area contributed by atoms with Gasteiger partial charge in [0.25, 0.3) is 5.91 Å². The Morgan fingerprint density at radius 2 is 1.85 bits per heavy atom. The van der Waals surface area contributed by atoms with Crippen LogP contribution in [0.2, 0.25) is 0 Å². The second-order valence-corrected chi connectivity index (χ2v) is 6.56. The molecule has 1 fully saturated rings. The molecule has 2 N–H and O–H groups in total. The highest BCUT2D eigenvalue weighted by molar-refractivity contribution is 6.09. The number of nitro groups is 1. The molecule has 2 aromatic carbocycles. The predicted molar refractivity (Wildman–Crippen MR) is 101 cm³/mol. The maximum atomic E-state index is 12.7. The third-order valence-corrected chi connectivity index (χ3v) is 4.35. The van der Waals surface area contributed by atoms with Crippen molar-refractivity contribution in [3.05, 3.63) is 58.1 Å². The minimum Gasteiger partial charge on any atom is -0.502 e. The van der Waals surface area contributed by atoms with Gasteiger partial charge in [0.2, 0.25) is 0 Å². The predicted octanol–water partition coefficient (Wildman–Crippen LogP) is 3.17. The van der Waals surface area contributed by atoms with Crippen LogP contribution in [-0.4, -0.2) is 41.2 Å². The van der Waals surface area contributed by atoms with Crippen LogP contribution in [0.1, 0.15) is 24.2 Å². The molecule has 8 heteroatoms. The van der Waals surface area contributed by atoms with Crippen LogP contribution in [0.15, 0.2) is 42.5 Å². The molecule has 0 aromatic heterocycles. The Balaban J connectivity index is 1.90. The van der Waals surface area contributed by atoms with Gasteiger partial charge in [-0.15, -0.1) is 0 Å². The van der Waals surface area contributed by atoms with Crippen molar-refractivity contribution in [2.75, 3.05) is 23.3 Å². The van der Waals surface area contributed by atoms with E-state index in [1.165, 1.54) is 18.2 Å². The highest BCUT2D eigenvalue weighted by Gasteiger charge is 2.27. The second kappa shape index (κ2) is 7.63. The molecule has 0 aliphatic carbocycles. The second-order valence-electron chi connectivity index (χ2n) is 6.56. The van der Waals surface area contributed by atoms with E-state index >= 15 is 0 Å². The molecule has 27 heavy (non-hydrogen) atoms. The number of rotatable bonds is 4. The summed E-state index contributed by atoms with van der Waals surface area (Å²) in [5.41, 5.74) is 0.553. The number of hydrogen-bond donors (Lipinski definition) is 2. The van der Waals surface area contributed by atoms with Gasteiger partial charge in [0.15, 0.2) is 5.75 Å². The number of nitrogens with zero attached hydrogens (tertiary/aromatic N) is 2. The number of ether oxygens (including phenoxy) is 1. The molecule has 0 radical (unpaired) electrons. The molecular formula is C19H21N3O5. The van der Waals surface area contributed by atoms with E-state index in [0.29, 0.717) is 18.8 Å². The highest BCUT2D eigenvalue weighted by atomic mass is 16.6. The lowest BCUT2D eigenvalue weighted by atomic mass is 10.1. The van der Waals surface area contributed by atoms with Crippen LogP contribution >= 0.6 is 0 Å². The Bertz CT molecular complexity index is 860. The number of aromatic hydroxyl groups is 1. The summed E-state index contributed by atoms with van der Waals surface area (Å²) in [6, 6.07) is 11.2. The van der Waals surface area contributed by atoms with E-state index in [4.69, 9.17) is 4.74 Å². The molecule has 2 atom stereocenters. The van der Waals surface area contributed by atoms with Crippen molar-refractivity contribution in [2.45, 2.75) is 26.1 Å². The van der Waals surface area contributed by atoms with Crippen molar-refractivity contribution in [2.24, 2.45) is 0 Å². The van der Waals surface area contributed by atoms with E-state index < -0.39 is 22.3 Å². The van der Waals surface area contributed by atoms with E-state index in [-0.39, 0.29) is 17.8 Å². The van der Waals surface area contributed by atoms with E-state index in [2.05, 4.69) is 10.2 Å². The molecule has 142 valence electrons. The highest BCUT2D eigenvalue weighted by Crippen LogP contribution is 2.32. The van der Waals surface area contributed by atoms with Crippen LogP contribution in [0, 0.1) is 10.1 Å². The molecule has 2 unspecified atom stereocenters. The first kappa shape index (κ1) is 18.7. The maximum absolute atomic E-state index is 12.7. The van der Waals surface area contributed by atoms with Crippen molar-refractivity contribution < 1.29 is 19.6 Å². The third kappa shape index (κ3) is 4.01. The summed E-state index contributed by atoms with van der Waals surface area (Å²) in [6.07, 6.45) is 0.0920. The topological polar surface area (TPSA) is 105 Å². The number of phenols is 1. The summed E-state index contributed by atoms with van der Waals surface area (Å²) in [5.74, 6) is -1.20. The van der Waals surface area contributed by atoms with Crippen molar-refractivity contribution in [1.29, 1.82) is 0 Å². The molecule has 0 saturated carbocycles. The van der Waals surface area contributed by atoms with Gasteiger partial charge in [-0.05, 0) is 38.1 Å². The first-order chi connectivity index (χ1) is 12.9. The van der Waals surface area contributed by atoms with Gasteiger partial charge in [-0.2, -0.15) is 0 Å². The minimum atomic E-state index is -0.762. The SMILES string of the molecule is CC1CN(c2ccccc2NC(=O)c2cccc(O)c2[N+](=O)[O-])CC(C)O1. The van der Waals surface area contributed by atoms with E-state index in [9.17, 15) is 20.0 Å². The smallest absolute Gasteiger partial charge is 0.323 e. The average Bonchev–Trinajstić information content (AvgIpc) is 2.60. The molecule has 1 aliphatic heterocycles. The molecule has 0 bridgehead atoms. The number of amides is 1. The van der Waals surface area contributed by atoms with Gasteiger partial charge in [0.05, 0.1) is 28.5 Å². The molecule has 1 aliphatic rings. The maximum Gasteiger partial charge on any atom is 0.323 e. The number of carbonyl (C=O) groups is 1. The van der Waals surface area contributed by atoms with Gasteiger partial charge in [-0.3, -0.25) is 14.9 Å². The molecule has 8 nitrogen and oxygen atoms in total. The number of nitro benzene ring substituents is 1. The van der Waals surface area contributed by atoms with Crippen molar-refractivity contribution in [1.82, 2.24) is 0 Å². The quantitative estimate of drug-likeness (QED) is 0.632. The van der Waals surface area contributed by atoms with Crippen LogP contribution in [-0.2, 0) is 4.74 Å². The Morgan fingerprint density at radius 3 is 2.52 bits per heavy atom.